The second-order valence-electron chi connectivity index (χ2n) is 9.33. The van der Waals surface area contributed by atoms with Crippen LogP contribution in [-0.2, 0) is 21.5 Å². The summed E-state index contributed by atoms with van der Waals surface area (Å²) in [5, 5.41) is 0. The summed E-state index contributed by atoms with van der Waals surface area (Å²) < 4.78 is 0. The molecular weight excluding hydrogens is 398 g/mol. The molecule has 2 heterocycles. The van der Waals surface area contributed by atoms with Gasteiger partial charge in [0.25, 0.3) is 0 Å². The molecule has 5 nitrogen and oxygen atoms in total. The fourth-order valence-corrected chi connectivity index (χ4v) is 5.26. The van der Waals surface area contributed by atoms with Gasteiger partial charge in [0.15, 0.2) is 0 Å². The Labute approximate surface area is 192 Å². The first kappa shape index (κ1) is 22.4. The molecule has 5 heteroatoms. The lowest BCUT2D eigenvalue weighted by Gasteiger charge is -2.42. The molecule has 2 fully saturated rings. The Morgan fingerprint density at radius 1 is 0.875 bits per heavy atom. The summed E-state index contributed by atoms with van der Waals surface area (Å²) in [5.41, 5.74) is 2.90. The Morgan fingerprint density at radius 3 is 2.09 bits per heavy atom. The van der Waals surface area contributed by atoms with Gasteiger partial charge in [-0.05, 0) is 55.4 Å². The summed E-state index contributed by atoms with van der Waals surface area (Å²) in [6, 6.07) is 18.8. The van der Waals surface area contributed by atoms with E-state index in [1.807, 2.05) is 35.0 Å². The SMILES string of the molecule is CC(=O)N1CCC(C(=O)N(C)Cc2ccc(N3CCCCC3)cc2)(c2ccccc2)CC1. The molecule has 0 unspecified atom stereocenters. The molecule has 170 valence electrons. The number of amides is 2. The van der Waals surface area contributed by atoms with Gasteiger partial charge in [0, 0.05) is 52.4 Å². The molecule has 0 atom stereocenters. The number of carbonyl (C=O) groups is 2. The fourth-order valence-electron chi connectivity index (χ4n) is 5.26. The van der Waals surface area contributed by atoms with Crippen LogP contribution >= 0.6 is 0 Å². The van der Waals surface area contributed by atoms with Crippen molar-refractivity contribution in [3.8, 4) is 0 Å². The minimum absolute atomic E-state index is 0.0845. The Morgan fingerprint density at radius 2 is 1.50 bits per heavy atom. The highest BCUT2D eigenvalue weighted by molar-refractivity contribution is 5.88. The van der Waals surface area contributed by atoms with Crippen molar-refractivity contribution < 1.29 is 9.59 Å². The van der Waals surface area contributed by atoms with Gasteiger partial charge in [-0.15, -0.1) is 0 Å². The molecule has 0 bridgehead atoms. The first-order valence-corrected chi connectivity index (χ1v) is 11.9. The number of hydrogen-bond donors (Lipinski definition) is 0. The molecular formula is C27H35N3O2. The Balaban J connectivity index is 1.49. The summed E-state index contributed by atoms with van der Waals surface area (Å²) in [7, 11) is 1.91. The maximum absolute atomic E-state index is 13.8. The zero-order valence-corrected chi connectivity index (χ0v) is 19.4. The lowest BCUT2D eigenvalue weighted by atomic mass is 9.71. The van der Waals surface area contributed by atoms with E-state index in [9.17, 15) is 9.59 Å². The number of rotatable bonds is 5. The van der Waals surface area contributed by atoms with Crippen molar-refractivity contribution in [1.29, 1.82) is 0 Å². The van der Waals surface area contributed by atoms with E-state index >= 15 is 0 Å². The van der Waals surface area contributed by atoms with Crippen molar-refractivity contribution in [2.24, 2.45) is 0 Å². The second-order valence-corrected chi connectivity index (χ2v) is 9.33. The monoisotopic (exact) mass is 433 g/mol. The number of nitrogens with zero attached hydrogens (tertiary/aromatic N) is 3. The average Bonchev–Trinajstić information content (AvgIpc) is 2.85. The average molecular weight is 434 g/mol. The fraction of sp³-hybridized carbons (Fsp3) is 0.481. The minimum atomic E-state index is -0.574. The van der Waals surface area contributed by atoms with E-state index in [-0.39, 0.29) is 11.8 Å². The van der Waals surface area contributed by atoms with Crippen LogP contribution < -0.4 is 4.90 Å². The smallest absolute Gasteiger partial charge is 0.233 e. The molecule has 0 spiro atoms. The molecule has 2 aliphatic heterocycles. The van der Waals surface area contributed by atoms with Crippen molar-refractivity contribution >= 4 is 17.5 Å². The number of hydrogen-bond acceptors (Lipinski definition) is 3. The standard InChI is InChI=1S/C27H35N3O2/c1-22(31)29-19-15-27(16-20-29,24-9-5-3-6-10-24)26(32)28(2)21-23-11-13-25(14-12-23)30-17-7-4-8-18-30/h3,5-6,9-14H,4,7-8,15-21H2,1-2H3. The van der Waals surface area contributed by atoms with Gasteiger partial charge in [0.1, 0.15) is 0 Å². The third-order valence-corrected chi connectivity index (χ3v) is 7.22. The first-order chi connectivity index (χ1) is 15.5. The van der Waals surface area contributed by atoms with E-state index < -0.39 is 5.41 Å². The summed E-state index contributed by atoms with van der Waals surface area (Å²) in [6.45, 7) is 5.70. The van der Waals surface area contributed by atoms with Crippen LogP contribution in [0.3, 0.4) is 0 Å². The van der Waals surface area contributed by atoms with Crippen molar-refractivity contribution in [1.82, 2.24) is 9.80 Å². The summed E-state index contributed by atoms with van der Waals surface area (Å²) >= 11 is 0. The van der Waals surface area contributed by atoms with E-state index in [0.29, 0.717) is 32.5 Å². The highest BCUT2D eigenvalue weighted by Gasteiger charge is 2.44. The minimum Gasteiger partial charge on any atom is -0.372 e. The Hall–Kier alpha value is -2.82. The van der Waals surface area contributed by atoms with Crippen LogP contribution in [-0.4, -0.2) is 54.8 Å². The van der Waals surface area contributed by atoms with E-state index in [2.05, 4.69) is 41.3 Å². The van der Waals surface area contributed by atoms with Gasteiger partial charge in [-0.1, -0.05) is 42.5 Å². The van der Waals surface area contributed by atoms with E-state index in [0.717, 1.165) is 24.2 Å². The summed E-state index contributed by atoms with van der Waals surface area (Å²) in [4.78, 5) is 31.9. The largest absolute Gasteiger partial charge is 0.372 e. The van der Waals surface area contributed by atoms with Crippen molar-refractivity contribution in [2.75, 3.05) is 38.1 Å². The number of likely N-dealkylation sites (tertiary alicyclic amines) is 1. The second kappa shape index (κ2) is 9.76. The zero-order chi connectivity index (χ0) is 22.6. The lowest BCUT2D eigenvalue weighted by Crippen LogP contribution is -2.52. The van der Waals surface area contributed by atoms with Crippen LogP contribution in [0.5, 0.6) is 0 Å². The van der Waals surface area contributed by atoms with Crippen LogP contribution in [0.15, 0.2) is 54.6 Å². The molecule has 0 radical (unpaired) electrons. The Bertz CT molecular complexity index is 912. The van der Waals surface area contributed by atoms with Crippen molar-refractivity contribution in [2.45, 2.75) is 51.0 Å². The predicted molar refractivity (Wildman–Crippen MR) is 129 cm³/mol. The number of benzene rings is 2. The van der Waals surface area contributed by atoms with Gasteiger partial charge >= 0.3 is 0 Å². The third-order valence-electron chi connectivity index (χ3n) is 7.22. The highest BCUT2D eigenvalue weighted by Crippen LogP contribution is 2.37. The van der Waals surface area contributed by atoms with Gasteiger partial charge in [-0.2, -0.15) is 0 Å². The van der Waals surface area contributed by atoms with Crippen molar-refractivity contribution in [3.63, 3.8) is 0 Å². The first-order valence-electron chi connectivity index (χ1n) is 11.9. The predicted octanol–water partition coefficient (Wildman–Crippen LogP) is 4.22. The molecule has 2 aromatic carbocycles. The normalized spacial score (nSPS) is 18.3. The number of likely N-dealkylation sites (N-methyl/N-ethyl adjacent to an activating group) is 1. The quantitative estimate of drug-likeness (QED) is 0.709. The number of anilines is 1. The molecule has 2 aromatic rings. The summed E-state index contributed by atoms with van der Waals surface area (Å²) in [6.07, 6.45) is 5.18. The molecule has 0 N–H and O–H groups in total. The summed E-state index contributed by atoms with van der Waals surface area (Å²) in [5.74, 6) is 0.230. The van der Waals surface area contributed by atoms with E-state index in [4.69, 9.17) is 0 Å². The van der Waals surface area contributed by atoms with Gasteiger partial charge in [0.05, 0.1) is 5.41 Å². The molecule has 0 aliphatic carbocycles. The van der Waals surface area contributed by atoms with Crippen LogP contribution in [0.1, 0.15) is 50.2 Å². The zero-order valence-electron chi connectivity index (χ0n) is 19.4. The number of piperidine rings is 2. The lowest BCUT2D eigenvalue weighted by molar-refractivity contribution is -0.141. The van der Waals surface area contributed by atoms with Gasteiger partial charge in [0.2, 0.25) is 11.8 Å². The topological polar surface area (TPSA) is 43.9 Å². The number of carbonyl (C=O) groups excluding carboxylic acids is 2. The molecule has 0 aromatic heterocycles. The molecule has 2 aliphatic rings. The van der Waals surface area contributed by atoms with Crippen LogP contribution in [0.25, 0.3) is 0 Å². The molecule has 0 saturated carbocycles. The van der Waals surface area contributed by atoms with Gasteiger partial charge in [-0.3, -0.25) is 9.59 Å². The van der Waals surface area contributed by atoms with Crippen LogP contribution in [0.4, 0.5) is 5.69 Å². The van der Waals surface area contributed by atoms with Crippen molar-refractivity contribution in [3.05, 3.63) is 65.7 Å². The molecule has 2 amide bonds. The van der Waals surface area contributed by atoms with E-state index in [1.54, 1.807) is 6.92 Å². The van der Waals surface area contributed by atoms with Gasteiger partial charge in [-0.25, -0.2) is 0 Å². The van der Waals surface area contributed by atoms with Crippen LogP contribution in [0.2, 0.25) is 0 Å². The maximum Gasteiger partial charge on any atom is 0.233 e. The highest BCUT2D eigenvalue weighted by atomic mass is 16.2. The molecule has 32 heavy (non-hydrogen) atoms. The molecule has 4 rings (SSSR count). The molecule has 2 saturated heterocycles. The maximum atomic E-state index is 13.8. The van der Waals surface area contributed by atoms with Crippen LogP contribution in [0, 0.1) is 0 Å². The third kappa shape index (κ3) is 4.67. The van der Waals surface area contributed by atoms with Gasteiger partial charge < -0.3 is 14.7 Å². The van der Waals surface area contributed by atoms with E-state index in [1.165, 1.54) is 24.9 Å². The Kier molecular flexibility index (Phi) is 6.83.